The quantitative estimate of drug-likeness (QED) is 0.112. The maximum absolute atomic E-state index is 15.5. The highest BCUT2D eigenvalue weighted by Crippen LogP contribution is 2.68. The SMILES string of the molecule is Cn1nc(CS(C)(=O)=O)c2c(Cl)ccc(-c3ccc(C#CC4(O)COC(C)(C)OC4)nc3[C@@H](CC(=O)Cn3nc(C(F)(F)F)c4c3C(F)(F)[C@@H]3C[C@H]43)Cc3cc(F)cc(F)c3)c21. The highest BCUT2D eigenvalue weighted by atomic mass is 35.5. The third-order valence-corrected chi connectivity index (χ3v) is 12.3. The molecule has 0 amide bonds. The van der Waals surface area contributed by atoms with Crippen LogP contribution < -0.4 is 0 Å². The van der Waals surface area contributed by atoms with E-state index < -0.39 is 104 Å². The number of sulfone groups is 1. The van der Waals surface area contributed by atoms with E-state index in [1.807, 2.05) is 0 Å². The van der Waals surface area contributed by atoms with E-state index in [1.54, 1.807) is 33.0 Å². The number of rotatable bonds is 10. The molecule has 1 aliphatic heterocycles. The van der Waals surface area contributed by atoms with Gasteiger partial charge in [-0.25, -0.2) is 22.2 Å². The van der Waals surface area contributed by atoms with Crippen LogP contribution in [-0.2, 0) is 62.0 Å². The lowest BCUT2D eigenvalue weighted by atomic mass is 9.86. The Balaban J connectivity index is 1.27. The minimum absolute atomic E-state index is 0.0245. The van der Waals surface area contributed by atoms with Crippen molar-refractivity contribution < 1.29 is 58.5 Å². The van der Waals surface area contributed by atoms with Gasteiger partial charge in [0, 0.05) is 59.7 Å². The molecule has 8 rings (SSSR count). The number of pyridine rings is 1. The van der Waals surface area contributed by atoms with Crippen molar-refractivity contribution in [3.8, 4) is 23.0 Å². The number of alkyl halides is 5. The fraction of sp³-hybridized carbons (Fsp3) is 0.429. The molecule has 0 spiro atoms. The third-order valence-electron chi connectivity index (χ3n) is 11.2. The molecule has 1 N–H and O–H groups in total. The van der Waals surface area contributed by atoms with Crippen LogP contribution in [0.2, 0.25) is 5.02 Å². The second-order valence-electron chi connectivity index (χ2n) is 16.6. The number of aromatic nitrogens is 5. The number of carbonyl (C=O) groups excluding carboxylic acids is 1. The summed E-state index contributed by atoms with van der Waals surface area (Å²) in [6.45, 7) is 1.85. The van der Waals surface area contributed by atoms with Crippen LogP contribution in [0.4, 0.5) is 30.7 Å². The van der Waals surface area contributed by atoms with Crippen LogP contribution >= 0.6 is 11.6 Å². The molecule has 2 aliphatic carbocycles. The zero-order valence-corrected chi connectivity index (χ0v) is 35.0. The molecule has 20 heteroatoms. The van der Waals surface area contributed by atoms with Crippen molar-refractivity contribution in [1.29, 1.82) is 0 Å². The molecule has 1 saturated carbocycles. The smallest absolute Gasteiger partial charge is 0.373 e. The highest BCUT2D eigenvalue weighted by Gasteiger charge is 2.68. The highest BCUT2D eigenvalue weighted by molar-refractivity contribution is 7.89. The molecular formula is C42H37ClF7N5O6S. The predicted octanol–water partition coefficient (Wildman–Crippen LogP) is 7.39. The summed E-state index contributed by atoms with van der Waals surface area (Å²) in [6.07, 6.45) is -5.14. The van der Waals surface area contributed by atoms with Crippen molar-refractivity contribution in [2.75, 3.05) is 19.5 Å². The van der Waals surface area contributed by atoms with Gasteiger partial charge in [0.05, 0.1) is 40.9 Å². The third kappa shape index (κ3) is 8.47. The van der Waals surface area contributed by atoms with Crippen LogP contribution in [0.3, 0.4) is 0 Å². The van der Waals surface area contributed by atoms with E-state index >= 15 is 8.78 Å². The lowest BCUT2D eigenvalue weighted by molar-refractivity contribution is -0.288. The summed E-state index contributed by atoms with van der Waals surface area (Å²) in [7, 11) is -2.07. The van der Waals surface area contributed by atoms with Crippen molar-refractivity contribution in [1.82, 2.24) is 24.5 Å². The van der Waals surface area contributed by atoms with Crippen molar-refractivity contribution in [3.05, 3.63) is 98.7 Å². The molecule has 4 heterocycles. The van der Waals surface area contributed by atoms with E-state index in [-0.39, 0.29) is 64.7 Å². The summed E-state index contributed by atoms with van der Waals surface area (Å²) in [5.74, 6) is -5.99. The van der Waals surface area contributed by atoms with Gasteiger partial charge in [0.25, 0.3) is 5.92 Å². The number of fused-ring (bicyclic) bond motifs is 4. The summed E-state index contributed by atoms with van der Waals surface area (Å²) in [5, 5.41) is 19.5. The molecular weight excluding hydrogens is 871 g/mol. The number of hydrogen-bond acceptors (Lipinski definition) is 9. The van der Waals surface area contributed by atoms with E-state index in [4.69, 9.17) is 26.1 Å². The predicted molar refractivity (Wildman–Crippen MR) is 210 cm³/mol. The number of carbonyl (C=O) groups is 1. The Hall–Kier alpha value is -4.87. The van der Waals surface area contributed by atoms with E-state index in [2.05, 4.69) is 22.0 Å². The van der Waals surface area contributed by atoms with Crippen molar-refractivity contribution >= 4 is 38.1 Å². The minimum Gasteiger partial charge on any atom is -0.373 e. The largest absolute Gasteiger partial charge is 0.435 e. The van der Waals surface area contributed by atoms with Crippen LogP contribution in [0.15, 0.2) is 42.5 Å². The van der Waals surface area contributed by atoms with Gasteiger partial charge in [0.2, 0.25) is 0 Å². The first-order valence-corrected chi connectivity index (χ1v) is 21.7. The molecule has 3 atom stereocenters. The Labute approximate surface area is 355 Å². The molecule has 0 unspecified atom stereocenters. The summed E-state index contributed by atoms with van der Waals surface area (Å²) in [4.78, 5) is 18.9. The zero-order valence-electron chi connectivity index (χ0n) is 33.4. The van der Waals surface area contributed by atoms with Gasteiger partial charge >= 0.3 is 6.18 Å². The molecule has 3 aromatic heterocycles. The summed E-state index contributed by atoms with van der Waals surface area (Å²) >= 11 is 6.65. The number of halogens is 8. The number of aliphatic hydroxyl groups is 1. The van der Waals surface area contributed by atoms with Gasteiger partial charge in [0.15, 0.2) is 32.7 Å². The molecule has 0 bridgehead atoms. The fourth-order valence-electron chi connectivity index (χ4n) is 8.41. The van der Waals surface area contributed by atoms with Crippen LogP contribution in [0.5, 0.6) is 0 Å². The Kier molecular flexibility index (Phi) is 10.7. The number of ketones is 1. The molecule has 0 radical (unpaired) electrons. The monoisotopic (exact) mass is 907 g/mol. The molecule has 11 nitrogen and oxygen atoms in total. The maximum Gasteiger partial charge on any atom is 0.435 e. The van der Waals surface area contributed by atoms with Crippen LogP contribution in [0.25, 0.3) is 22.0 Å². The number of hydrogen-bond donors (Lipinski definition) is 1. The van der Waals surface area contributed by atoms with Gasteiger partial charge in [-0.15, -0.1) is 0 Å². The Bertz CT molecular complexity index is 2820. The van der Waals surface area contributed by atoms with Gasteiger partial charge in [-0.2, -0.15) is 32.1 Å². The summed E-state index contributed by atoms with van der Waals surface area (Å²) < 4.78 is 141. The standard InChI is InChI=1S/C42H37ClF7N5O6S/c1-39(2)60-19-40(57,20-61-39)10-9-25-5-6-27(28-7-8-31(43)34-32(18-62(4,58)59)52-54(3)36(28)34)35(51-25)22(11-21-12-23(44)15-24(45)13-21)14-26(56)17-55-38-33(37(53-55)42(48,49)50)29-16-30(29)41(38,46)47/h5-8,12-13,15,22,29-30,57H,11,14,16-20H2,1-4H3/t22-,29+,30-/m1/s1. The topological polar surface area (TPSA) is 138 Å². The second-order valence-corrected chi connectivity index (χ2v) is 19.2. The molecule has 2 fully saturated rings. The van der Waals surface area contributed by atoms with Crippen molar-refractivity contribution in [3.63, 3.8) is 0 Å². The number of Topliss-reactive ketones (excluding diaryl/α,β-unsaturated/α-hetero) is 1. The summed E-state index contributed by atoms with van der Waals surface area (Å²) in [6, 6.07) is 8.80. The first kappa shape index (κ1) is 43.8. The number of ether oxygens (including phenoxy) is 2. The number of benzene rings is 2. The van der Waals surface area contributed by atoms with E-state index in [9.17, 15) is 40.3 Å². The van der Waals surface area contributed by atoms with Gasteiger partial charge in [-0.3, -0.25) is 14.2 Å². The Morgan fingerprint density at radius 1 is 1.05 bits per heavy atom. The molecule has 3 aliphatic rings. The van der Waals surface area contributed by atoms with E-state index in [1.165, 1.54) is 16.8 Å². The van der Waals surface area contributed by atoms with Crippen molar-refractivity contribution in [2.24, 2.45) is 13.0 Å². The fourth-order valence-corrected chi connectivity index (χ4v) is 9.37. The average Bonchev–Trinajstić information content (AvgIpc) is 3.69. The normalized spacial score (nSPS) is 20.3. The first-order valence-electron chi connectivity index (χ1n) is 19.2. The Morgan fingerprint density at radius 2 is 1.71 bits per heavy atom. The second kappa shape index (κ2) is 15.1. The first-order chi connectivity index (χ1) is 28.8. The molecule has 5 aromatic rings. The van der Waals surface area contributed by atoms with Crippen LogP contribution in [0.1, 0.15) is 78.1 Å². The molecule has 2 aromatic carbocycles. The molecule has 1 saturated heterocycles. The van der Waals surface area contributed by atoms with E-state index in [0.717, 1.165) is 18.4 Å². The number of aryl methyl sites for hydroxylation is 1. The lowest BCUT2D eigenvalue weighted by Crippen LogP contribution is -2.50. The van der Waals surface area contributed by atoms with Crippen molar-refractivity contribution in [2.45, 2.75) is 80.7 Å². The Morgan fingerprint density at radius 3 is 2.35 bits per heavy atom. The number of nitrogens with zero attached hydrogens (tertiary/aromatic N) is 5. The average molecular weight is 908 g/mol. The maximum atomic E-state index is 15.5. The molecule has 328 valence electrons. The zero-order chi connectivity index (χ0) is 44.9. The summed E-state index contributed by atoms with van der Waals surface area (Å²) in [5.41, 5.74) is -3.64. The van der Waals surface area contributed by atoms with Gasteiger partial charge in [-0.05, 0) is 74.4 Å². The molecule has 62 heavy (non-hydrogen) atoms. The van der Waals surface area contributed by atoms with Crippen LogP contribution in [0, 0.1) is 29.4 Å². The van der Waals surface area contributed by atoms with Gasteiger partial charge in [-0.1, -0.05) is 23.6 Å². The van der Waals surface area contributed by atoms with Crippen LogP contribution in [-0.4, -0.2) is 74.7 Å². The lowest BCUT2D eigenvalue weighted by Gasteiger charge is -2.37. The van der Waals surface area contributed by atoms with Gasteiger partial charge in [0.1, 0.15) is 29.6 Å². The minimum atomic E-state index is -5.08. The van der Waals surface area contributed by atoms with E-state index in [0.29, 0.717) is 21.8 Å². The van der Waals surface area contributed by atoms with Gasteiger partial charge < -0.3 is 14.6 Å².